The van der Waals surface area contributed by atoms with E-state index in [2.05, 4.69) is 25.4 Å². The number of hydrogen-bond acceptors (Lipinski definition) is 3. The molecule has 2 unspecified atom stereocenters. The first-order chi connectivity index (χ1) is 7.69. The molecule has 1 saturated heterocycles. The van der Waals surface area contributed by atoms with E-state index in [1.807, 2.05) is 16.7 Å². The van der Waals surface area contributed by atoms with E-state index >= 15 is 0 Å². The van der Waals surface area contributed by atoms with Gasteiger partial charge in [-0.3, -0.25) is 4.79 Å². The third-order valence-corrected chi connectivity index (χ3v) is 4.23. The van der Waals surface area contributed by atoms with Crippen LogP contribution in [-0.4, -0.2) is 48.0 Å². The van der Waals surface area contributed by atoms with Crippen LogP contribution in [0.15, 0.2) is 0 Å². The molecule has 1 N–H and O–H groups in total. The number of likely N-dealkylation sites (tertiary alicyclic amines) is 1. The Morgan fingerprint density at radius 3 is 3.00 bits per heavy atom. The van der Waals surface area contributed by atoms with Crippen LogP contribution in [0.2, 0.25) is 0 Å². The Bertz CT molecular complexity index is 221. The monoisotopic (exact) mass is 244 g/mol. The maximum atomic E-state index is 12.1. The molecule has 0 saturated carbocycles. The zero-order chi connectivity index (χ0) is 12.0. The zero-order valence-corrected chi connectivity index (χ0v) is 11.5. The maximum absolute atomic E-state index is 12.1. The van der Waals surface area contributed by atoms with Crippen LogP contribution in [0, 0.1) is 0 Å². The number of rotatable bonds is 6. The van der Waals surface area contributed by atoms with Crippen molar-refractivity contribution in [3.63, 3.8) is 0 Å². The number of nitrogens with zero attached hydrogens (tertiary/aromatic N) is 1. The van der Waals surface area contributed by atoms with Gasteiger partial charge in [-0.05, 0) is 32.1 Å². The van der Waals surface area contributed by atoms with Gasteiger partial charge in [-0.1, -0.05) is 13.8 Å². The SMILES string of the molecule is CCNC1CCCN(CCC(C)SC)C1=O. The summed E-state index contributed by atoms with van der Waals surface area (Å²) in [5.74, 6) is 0.307. The molecule has 0 aromatic heterocycles. The number of hydrogen-bond donors (Lipinski definition) is 1. The Morgan fingerprint density at radius 2 is 2.38 bits per heavy atom. The molecular formula is C12H24N2OS. The smallest absolute Gasteiger partial charge is 0.239 e. The van der Waals surface area contributed by atoms with Crippen molar-refractivity contribution in [3.8, 4) is 0 Å². The molecule has 1 amide bonds. The van der Waals surface area contributed by atoms with E-state index in [4.69, 9.17) is 0 Å². The molecule has 0 aliphatic carbocycles. The highest BCUT2D eigenvalue weighted by Crippen LogP contribution is 2.15. The summed E-state index contributed by atoms with van der Waals surface area (Å²) in [6.45, 7) is 7.03. The van der Waals surface area contributed by atoms with E-state index in [1.54, 1.807) is 0 Å². The molecule has 0 bridgehead atoms. The molecule has 4 heteroatoms. The van der Waals surface area contributed by atoms with E-state index in [-0.39, 0.29) is 6.04 Å². The second kappa shape index (κ2) is 7.17. The summed E-state index contributed by atoms with van der Waals surface area (Å²) < 4.78 is 0. The summed E-state index contributed by atoms with van der Waals surface area (Å²) in [6.07, 6.45) is 5.37. The van der Waals surface area contributed by atoms with Gasteiger partial charge < -0.3 is 10.2 Å². The predicted octanol–water partition coefficient (Wildman–Crippen LogP) is 1.73. The minimum Gasteiger partial charge on any atom is -0.341 e. The molecule has 1 aliphatic rings. The van der Waals surface area contributed by atoms with Gasteiger partial charge in [-0.25, -0.2) is 0 Å². The highest BCUT2D eigenvalue weighted by Gasteiger charge is 2.27. The number of piperidine rings is 1. The lowest BCUT2D eigenvalue weighted by Crippen LogP contribution is -2.51. The van der Waals surface area contributed by atoms with Crippen LogP contribution in [0.5, 0.6) is 0 Å². The standard InChI is InChI=1S/C12H24N2OS/c1-4-13-11-6-5-8-14(12(11)15)9-7-10(2)16-3/h10-11,13H,4-9H2,1-3H3. The topological polar surface area (TPSA) is 32.3 Å². The van der Waals surface area contributed by atoms with E-state index in [0.29, 0.717) is 11.2 Å². The third kappa shape index (κ3) is 3.98. The van der Waals surface area contributed by atoms with Crippen molar-refractivity contribution in [2.24, 2.45) is 0 Å². The summed E-state index contributed by atoms with van der Waals surface area (Å²) in [7, 11) is 0. The molecule has 1 aliphatic heterocycles. The van der Waals surface area contributed by atoms with Crippen molar-refractivity contribution in [1.82, 2.24) is 10.2 Å². The summed E-state index contributed by atoms with van der Waals surface area (Å²) in [5, 5.41) is 3.92. The summed E-state index contributed by atoms with van der Waals surface area (Å²) in [4.78, 5) is 14.1. The fourth-order valence-electron chi connectivity index (χ4n) is 2.05. The van der Waals surface area contributed by atoms with Gasteiger partial charge in [0, 0.05) is 18.3 Å². The minimum absolute atomic E-state index is 0.0725. The Labute approximate surface area is 103 Å². The van der Waals surface area contributed by atoms with Crippen LogP contribution in [0.3, 0.4) is 0 Å². The molecule has 16 heavy (non-hydrogen) atoms. The highest BCUT2D eigenvalue weighted by atomic mass is 32.2. The van der Waals surface area contributed by atoms with Gasteiger partial charge >= 0.3 is 0 Å². The molecule has 0 spiro atoms. The van der Waals surface area contributed by atoms with Gasteiger partial charge in [0.25, 0.3) is 0 Å². The lowest BCUT2D eigenvalue weighted by Gasteiger charge is -2.33. The van der Waals surface area contributed by atoms with Gasteiger partial charge in [0.05, 0.1) is 6.04 Å². The van der Waals surface area contributed by atoms with Gasteiger partial charge in [0.1, 0.15) is 0 Å². The molecule has 1 rings (SSSR count). The van der Waals surface area contributed by atoms with Crippen LogP contribution >= 0.6 is 11.8 Å². The Hall–Kier alpha value is -0.220. The van der Waals surface area contributed by atoms with E-state index in [0.717, 1.165) is 38.9 Å². The van der Waals surface area contributed by atoms with Crippen LogP contribution in [0.1, 0.15) is 33.1 Å². The van der Waals surface area contributed by atoms with Gasteiger partial charge in [-0.2, -0.15) is 11.8 Å². The molecule has 2 atom stereocenters. The minimum atomic E-state index is 0.0725. The first-order valence-corrected chi connectivity index (χ1v) is 7.52. The van der Waals surface area contributed by atoms with E-state index in [1.165, 1.54) is 0 Å². The van der Waals surface area contributed by atoms with Crippen molar-refractivity contribution >= 4 is 17.7 Å². The van der Waals surface area contributed by atoms with Crippen molar-refractivity contribution in [2.45, 2.75) is 44.4 Å². The Balaban J connectivity index is 2.38. The molecule has 1 fully saturated rings. The van der Waals surface area contributed by atoms with E-state index < -0.39 is 0 Å². The number of carbonyl (C=O) groups excluding carboxylic acids is 1. The first kappa shape index (κ1) is 13.8. The number of nitrogens with one attached hydrogen (secondary N) is 1. The first-order valence-electron chi connectivity index (χ1n) is 6.24. The van der Waals surface area contributed by atoms with Crippen molar-refractivity contribution in [2.75, 3.05) is 25.9 Å². The second-order valence-electron chi connectivity index (χ2n) is 4.41. The second-order valence-corrected chi connectivity index (χ2v) is 5.69. The van der Waals surface area contributed by atoms with Gasteiger partial charge in [0.2, 0.25) is 5.91 Å². The van der Waals surface area contributed by atoms with Crippen LogP contribution < -0.4 is 5.32 Å². The summed E-state index contributed by atoms with van der Waals surface area (Å²) >= 11 is 1.87. The molecular weight excluding hydrogens is 220 g/mol. The van der Waals surface area contributed by atoms with Crippen LogP contribution in [0.4, 0.5) is 0 Å². The number of likely N-dealkylation sites (N-methyl/N-ethyl adjacent to an activating group) is 1. The summed E-state index contributed by atoms with van der Waals surface area (Å²) in [6, 6.07) is 0.0725. The van der Waals surface area contributed by atoms with Gasteiger partial charge in [0.15, 0.2) is 0 Å². The predicted molar refractivity (Wildman–Crippen MR) is 70.9 cm³/mol. The molecule has 0 aromatic rings. The van der Waals surface area contributed by atoms with Crippen LogP contribution in [0.25, 0.3) is 0 Å². The molecule has 1 heterocycles. The normalized spacial score (nSPS) is 23.6. The van der Waals surface area contributed by atoms with Crippen molar-refractivity contribution < 1.29 is 4.79 Å². The summed E-state index contributed by atoms with van der Waals surface area (Å²) in [5.41, 5.74) is 0. The fourth-order valence-corrected chi connectivity index (χ4v) is 2.39. The van der Waals surface area contributed by atoms with E-state index in [9.17, 15) is 4.79 Å². The van der Waals surface area contributed by atoms with Crippen molar-refractivity contribution in [1.29, 1.82) is 0 Å². The van der Waals surface area contributed by atoms with Crippen molar-refractivity contribution in [3.05, 3.63) is 0 Å². The fraction of sp³-hybridized carbons (Fsp3) is 0.917. The molecule has 94 valence electrons. The Morgan fingerprint density at radius 1 is 1.62 bits per heavy atom. The average Bonchev–Trinajstić information content (AvgIpc) is 2.30. The highest BCUT2D eigenvalue weighted by molar-refractivity contribution is 7.99. The maximum Gasteiger partial charge on any atom is 0.239 e. The van der Waals surface area contributed by atoms with Crippen LogP contribution in [-0.2, 0) is 4.79 Å². The average molecular weight is 244 g/mol. The quantitative estimate of drug-likeness (QED) is 0.772. The lowest BCUT2D eigenvalue weighted by molar-refractivity contribution is -0.135. The number of carbonyl (C=O) groups is 1. The number of amides is 1. The molecule has 0 radical (unpaired) electrons. The zero-order valence-electron chi connectivity index (χ0n) is 10.7. The van der Waals surface area contributed by atoms with Gasteiger partial charge in [-0.15, -0.1) is 0 Å². The molecule has 3 nitrogen and oxygen atoms in total. The lowest BCUT2D eigenvalue weighted by atomic mass is 10.0. The number of thioether (sulfide) groups is 1. The largest absolute Gasteiger partial charge is 0.341 e. The third-order valence-electron chi connectivity index (χ3n) is 3.19. The molecule has 0 aromatic carbocycles. The Kier molecular flexibility index (Phi) is 6.21.